The van der Waals surface area contributed by atoms with Gasteiger partial charge in [0.05, 0.1) is 29.8 Å². The van der Waals surface area contributed by atoms with Gasteiger partial charge in [0.1, 0.15) is 21.8 Å². The molecule has 4 rings (SSSR count). The van der Waals surface area contributed by atoms with E-state index in [-0.39, 0.29) is 35.3 Å². The highest BCUT2D eigenvalue weighted by Gasteiger charge is 2.36. The van der Waals surface area contributed by atoms with Crippen LogP contribution in [0.3, 0.4) is 0 Å². The van der Waals surface area contributed by atoms with E-state index in [9.17, 15) is 14.9 Å². The first kappa shape index (κ1) is 25.9. The van der Waals surface area contributed by atoms with E-state index in [1.807, 2.05) is 26.8 Å². The number of amides is 1. The molecule has 0 saturated carbocycles. The largest absolute Gasteiger partial charge is 0.376 e. The normalized spacial score (nSPS) is 26.1. The SMILES string of the molecule is CCCn1c(N2CC(C)OC(C)C2)c(/C=C2/SC(=S)N(CC3CCCO3)C2=O)c(C)c(C#N)c1=O. The van der Waals surface area contributed by atoms with E-state index in [0.29, 0.717) is 53.1 Å². The molecule has 8 nitrogen and oxygen atoms in total. The summed E-state index contributed by atoms with van der Waals surface area (Å²) in [5.74, 6) is 0.580. The third kappa shape index (κ3) is 5.19. The van der Waals surface area contributed by atoms with Gasteiger partial charge in [0.2, 0.25) is 0 Å². The second-order valence-electron chi connectivity index (χ2n) is 9.40. The maximum atomic E-state index is 13.4. The van der Waals surface area contributed by atoms with Gasteiger partial charge >= 0.3 is 0 Å². The third-order valence-electron chi connectivity index (χ3n) is 6.57. The molecule has 1 aromatic rings. The minimum atomic E-state index is -0.295. The molecule has 1 amide bonds. The van der Waals surface area contributed by atoms with Crippen molar-refractivity contribution in [1.82, 2.24) is 9.47 Å². The highest BCUT2D eigenvalue weighted by Crippen LogP contribution is 2.37. The van der Waals surface area contributed by atoms with Crippen molar-refractivity contribution < 1.29 is 14.3 Å². The molecule has 10 heteroatoms. The first-order valence-corrected chi connectivity index (χ1v) is 13.4. The summed E-state index contributed by atoms with van der Waals surface area (Å²) in [7, 11) is 0. The molecule has 188 valence electrons. The molecule has 0 spiro atoms. The van der Waals surface area contributed by atoms with Crippen molar-refractivity contribution in [2.75, 3.05) is 31.1 Å². The van der Waals surface area contributed by atoms with Crippen molar-refractivity contribution in [3.63, 3.8) is 0 Å². The van der Waals surface area contributed by atoms with Gasteiger partial charge in [-0.15, -0.1) is 0 Å². The Morgan fingerprint density at radius 3 is 2.57 bits per heavy atom. The second-order valence-corrected chi connectivity index (χ2v) is 11.1. The number of pyridine rings is 1. The molecular formula is C25H32N4O4S2. The zero-order valence-corrected chi connectivity index (χ0v) is 22.3. The highest BCUT2D eigenvalue weighted by atomic mass is 32.2. The first-order chi connectivity index (χ1) is 16.7. The number of thiocarbonyl (C=S) groups is 1. The molecule has 3 unspecified atom stereocenters. The smallest absolute Gasteiger partial charge is 0.270 e. The van der Waals surface area contributed by atoms with Gasteiger partial charge in [0.25, 0.3) is 11.5 Å². The molecule has 3 fully saturated rings. The highest BCUT2D eigenvalue weighted by molar-refractivity contribution is 8.26. The van der Waals surface area contributed by atoms with Gasteiger partial charge in [-0.2, -0.15) is 5.26 Å². The third-order valence-corrected chi connectivity index (χ3v) is 7.95. The number of thioether (sulfide) groups is 1. The van der Waals surface area contributed by atoms with Crippen LogP contribution in [-0.4, -0.2) is 64.2 Å². The Morgan fingerprint density at radius 2 is 1.97 bits per heavy atom. The van der Waals surface area contributed by atoms with Crippen molar-refractivity contribution in [3.05, 3.63) is 31.9 Å². The molecule has 3 aliphatic rings. The number of nitrogens with zero attached hydrogens (tertiary/aromatic N) is 4. The second kappa shape index (κ2) is 10.8. The van der Waals surface area contributed by atoms with Gasteiger partial charge in [-0.3, -0.25) is 19.1 Å². The molecule has 1 aromatic heterocycles. The van der Waals surface area contributed by atoms with Crippen LogP contribution in [0.15, 0.2) is 9.70 Å². The molecule has 3 atom stereocenters. The molecule has 0 aromatic carbocycles. The van der Waals surface area contributed by atoms with Crippen LogP contribution in [0.1, 0.15) is 56.7 Å². The summed E-state index contributed by atoms with van der Waals surface area (Å²) in [6.45, 7) is 10.7. The van der Waals surface area contributed by atoms with E-state index in [2.05, 4.69) is 11.0 Å². The average molecular weight is 517 g/mol. The molecular weight excluding hydrogens is 484 g/mol. The summed E-state index contributed by atoms with van der Waals surface area (Å²) in [5.41, 5.74) is 1.11. The lowest BCUT2D eigenvalue weighted by atomic mass is 10.0. The topological polar surface area (TPSA) is 87.8 Å². The first-order valence-electron chi connectivity index (χ1n) is 12.2. The number of nitriles is 1. The zero-order chi connectivity index (χ0) is 25.3. The van der Waals surface area contributed by atoms with E-state index < -0.39 is 0 Å². The van der Waals surface area contributed by atoms with Crippen molar-refractivity contribution in [1.29, 1.82) is 5.26 Å². The fraction of sp³-hybridized carbons (Fsp3) is 0.600. The van der Waals surface area contributed by atoms with Crippen molar-refractivity contribution in [3.8, 4) is 6.07 Å². The maximum absolute atomic E-state index is 13.4. The van der Waals surface area contributed by atoms with Crippen LogP contribution in [0, 0.1) is 18.3 Å². The number of morpholine rings is 1. The minimum Gasteiger partial charge on any atom is -0.376 e. The van der Waals surface area contributed by atoms with Crippen LogP contribution in [-0.2, 0) is 20.8 Å². The van der Waals surface area contributed by atoms with Crippen molar-refractivity contribution in [2.45, 2.75) is 71.8 Å². The Kier molecular flexibility index (Phi) is 8.01. The average Bonchev–Trinajstić information content (AvgIpc) is 3.41. The quantitative estimate of drug-likeness (QED) is 0.420. The summed E-state index contributed by atoms with van der Waals surface area (Å²) in [6, 6.07) is 2.10. The molecule has 4 heterocycles. The molecule has 3 saturated heterocycles. The standard InChI is InChI=1S/C25H32N4O4S2/c1-5-8-28-22(27-12-15(2)33-16(3)13-27)19(17(4)20(11-26)23(28)30)10-21-24(31)29(25(34)35-21)14-18-7-6-9-32-18/h10,15-16,18H,5-9,12-14H2,1-4H3/b21-10+. The van der Waals surface area contributed by atoms with E-state index in [4.69, 9.17) is 21.7 Å². The van der Waals surface area contributed by atoms with Gasteiger partial charge < -0.3 is 14.4 Å². The zero-order valence-electron chi connectivity index (χ0n) is 20.7. The van der Waals surface area contributed by atoms with Gasteiger partial charge in [-0.1, -0.05) is 30.9 Å². The lowest BCUT2D eigenvalue weighted by Crippen LogP contribution is -2.48. The van der Waals surface area contributed by atoms with Crippen LogP contribution in [0.25, 0.3) is 6.08 Å². The van der Waals surface area contributed by atoms with Crippen molar-refractivity contribution in [2.24, 2.45) is 0 Å². The fourth-order valence-corrected chi connectivity index (χ4v) is 6.30. The summed E-state index contributed by atoms with van der Waals surface area (Å²) < 4.78 is 13.8. The summed E-state index contributed by atoms with van der Waals surface area (Å²) in [4.78, 5) is 31.0. The van der Waals surface area contributed by atoms with E-state index in [1.165, 1.54) is 11.8 Å². The number of rotatable bonds is 6. The monoisotopic (exact) mass is 516 g/mol. The number of anilines is 1. The predicted molar refractivity (Wildman–Crippen MR) is 142 cm³/mol. The van der Waals surface area contributed by atoms with Crippen LogP contribution in [0.4, 0.5) is 5.82 Å². The Hall–Kier alpha value is -2.19. The van der Waals surface area contributed by atoms with Crippen LogP contribution >= 0.6 is 24.0 Å². The fourth-order valence-electron chi connectivity index (χ4n) is 5.05. The Labute approximate surface area is 215 Å². The van der Waals surface area contributed by atoms with Crippen LogP contribution in [0.2, 0.25) is 0 Å². The van der Waals surface area contributed by atoms with Gasteiger partial charge in [0.15, 0.2) is 0 Å². The van der Waals surface area contributed by atoms with E-state index >= 15 is 0 Å². The molecule has 35 heavy (non-hydrogen) atoms. The summed E-state index contributed by atoms with van der Waals surface area (Å²) in [6.07, 6.45) is 4.43. The predicted octanol–water partition coefficient (Wildman–Crippen LogP) is 3.43. The lowest BCUT2D eigenvalue weighted by Gasteiger charge is -2.39. The molecule has 0 aliphatic carbocycles. The molecule has 3 aliphatic heterocycles. The molecule has 0 N–H and O–H groups in total. The van der Waals surface area contributed by atoms with E-state index in [1.54, 1.807) is 16.4 Å². The van der Waals surface area contributed by atoms with Gasteiger partial charge in [-0.25, -0.2) is 0 Å². The number of hydrogen-bond acceptors (Lipinski definition) is 8. The number of ether oxygens (including phenoxy) is 2. The number of aromatic nitrogens is 1. The van der Waals surface area contributed by atoms with Gasteiger partial charge in [0, 0.05) is 31.8 Å². The molecule has 0 radical (unpaired) electrons. The maximum Gasteiger partial charge on any atom is 0.270 e. The number of carbonyl (C=O) groups excluding carboxylic acids is 1. The van der Waals surface area contributed by atoms with Crippen LogP contribution < -0.4 is 10.5 Å². The number of carbonyl (C=O) groups is 1. The van der Waals surface area contributed by atoms with Crippen LogP contribution in [0.5, 0.6) is 0 Å². The minimum absolute atomic E-state index is 0.00197. The Bertz CT molecular complexity index is 1140. The van der Waals surface area contributed by atoms with Gasteiger partial charge in [-0.05, 0) is 51.7 Å². The summed E-state index contributed by atoms with van der Waals surface area (Å²) in [5, 5.41) is 9.83. The Balaban J connectivity index is 1.83. The molecule has 0 bridgehead atoms. The number of hydrogen-bond donors (Lipinski definition) is 0. The van der Waals surface area contributed by atoms with Crippen molar-refractivity contribution >= 4 is 46.1 Å². The van der Waals surface area contributed by atoms with E-state index in [0.717, 1.165) is 25.1 Å². The summed E-state index contributed by atoms with van der Waals surface area (Å²) >= 11 is 6.80. The lowest BCUT2D eigenvalue weighted by molar-refractivity contribution is -0.123. The Morgan fingerprint density at radius 1 is 1.26 bits per heavy atom.